The number of nitrogens with one attached hydrogen (secondary N) is 1. The van der Waals surface area contributed by atoms with Gasteiger partial charge in [0.1, 0.15) is 0 Å². The standard InChI is InChI=1S/C33H38N6O2/c1-36-17-19-37(20-18-36)28-9-7-24(8-10-28)31(40)38-14-11-33(12-15-38)13-16-39(32(33)41)29-4-2-3-25(21-29)26-5-6-27(23-34)30(35)22-26/h2-10,21-23,34H,11-20,35H2,1H3. The van der Waals surface area contributed by atoms with Crippen molar-refractivity contribution in [2.24, 2.45) is 5.41 Å². The molecule has 3 heterocycles. The van der Waals surface area contributed by atoms with Crippen molar-refractivity contribution in [3.05, 3.63) is 77.9 Å². The SMILES string of the molecule is CN1CCN(c2ccc(C(=O)N3CCC4(CC3)CCN(c3cccc(-c5ccc(C=N)c(N)c5)c3)C4=O)cc2)CC1. The quantitative estimate of drug-likeness (QED) is 0.364. The lowest BCUT2D eigenvalue weighted by molar-refractivity contribution is -0.127. The maximum atomic E-state index is 13.8. The molecule has 3 aromatic carbocycles. The Morgan fingerprint density at radius 3 is 2.20 bits per heavy atom. The minimum absolute atomic E-state index is 0.0492. The van der Waals surface area contributed by atoms with Crippen molar-refractivity contribution in [2.75, 3.05) is 68.4 Å². The largest absolute Gasteiger partial charge is 0.398 e. The number of nitrogens with zero attached hydrogens (tertiary/aromatic N) is 4. The summed E-state index contributed by atoms with van der Waals surface area (Å²) in [5.74, 6) is 0.213. The number of likely N-dealkylation sites (N-methyl/N-ethyl adjacent to an activating group) is 1. The first-order valence-electron chi connectivity index (χ1n) is 14.5. The summed E-state index contributed by atoms with van der Waals surface area (Å²) < 4.78 is 0. The number of hydrogen-bond donors (Lipinski definition) is 2. The van der Waals surface area contributed by atoms with Crippen LogP contribution in [0, 0.1) is 10.8 Å². The molecule has 3 aromatic rings. The van der Waals surface area contributed by atoms with Crippen LogP contribution in [0.1, 0.15) is 35.2 Å². The second-order valence-corrected chi connectivity index (χ2v) is 11.7. The predicted molar refractivity (Wildman–Crippen MR) is 165 cm³/mol. The van der Waals surface area contributed by atoms with Crippen LogP contribution < -0.4 is 15.5 Å². The van der Waals surface area contributed by atoms with Crippen LogP contribution in [0.15, 0.2) is 66.7 Å². The minimum Gasteiger partial charge on any atom is -0.398 e. The zero-order valence-corrected chi connectivity index (χ0v) is 23.7. The van der Waals surface area contributed by atoms with Crippen molar-refractivity contribution < 1.29 is 9.59 Å². The molecule has 0 bridgehead atoms. The summed E-state index contributed by atoms with van der Waals surface area (Å²) in [4.78, 5) is 35.6. The Kier molecular flexibility index (Phi) is 7.26. The van der Waals surface area contributed by atoms with Crippen molar-refractivity contribution >= 4 is 35.1 Å². The van der Waals surface area contributed by atoms with E-state index >= 15 is 0 Å². The Labute approximate surface area is 241 Å². The van der Waals surface area contributed by atoms with E-state index in [1.54, 1.807) is 0 Å². The van der Waals surface area contributed by atoms with Crippen LogP contribution in [0.25, 0.3) is 11.1 Å². The molecule has 3 aliphatic heterocycles. The number of likely N-dealkylation sites (tertiary alicyclic amines) is 1. The number of carbonyl (C=O) groups excluding carboxylic acids is 2. The highest BCUT2D eigenvalue weighted by molar-refractivity contribution is 6.01. The molecular formula is C33H38N6O2. The summed E-state index contributed by atoms with van der Waals surface area (Å²) in [6, 6.07) is 21.7. The number of carbonyl (C=O) groups is 2. The van der Waals surface area contributed by atoms with Crippen molar-refractivity contribution in [3.8, 4) is 11.1 Å². The highest BCUT2D eigenvalue weighted by Crippen LogP contribution is 2.44. The molecule has 6 rings (SSSR count). The molecule has 0 radical (unpaired) electrons. The van der Waals surface area contributed by atoms with Crippen LogP contribution in [0.5, 0.6) is 0 Å². The average Bonchev–Trinajstić information content (AvgIpc) is 3.32. The molecule has 3 N–H and O–H groups in total. The summed E-state index contributed by atoms with van der Waals surface area (Å²) in [6.07, 6.45) is 3.43. The highest BCUT2D eigenvalue weighted by Gasteiger charge is 2.49. The Bertz CT molecular complexity index is 1450. The number of nitrogens with two attached hydrogens (primary N) is 1. The van der Waals surface area contributed by atoms with Crippen LogP contribution >= 0.6 is 0 Å². The first-order chi connectivity index (χ1) is 19.9. The maximum Gasteiger partial charge on any atom is 0.253 e. The molecule has 0 unspecified atom stereocenters. The molecule has 41 heavy (non-hydrogen) atoms. The Morgan fingerprint density at radius 1 is 0.829 bits per heavy atom. The molecule has 0 saturated carbocycles. The minimum atomic E-state index is -0.409. The van der Waals surface area contributed by atoms with E-state index < -0.39 is 5.41 Å². The molecule has 8 heteroatoms. The van der Waals surface area contributed by atoms with Crippen molar-refractivity contribution in [3.63, 3.8) is 0 Å². The van der Waals surface area contributed by atoms with Crippen LogP contribution in [-0.2, 0) is 4.79 Å². The van der Waals surface area contributed by atoms with E-state index in [4.69, 9.17) is 11.1 Å². The van der Waals surface area contributed by atoms with Gasteiger partial charge in [-0.15, -0.1) is 0 Å². The fourth-order valence-electron chi connectivity index (χ4n) is 6.47. The zero-order chi connectivity index (χ0) is 28.6. The molecule has 0 atom stereocenters. The molecule has 0 aromatic heterocycles. The molecule has 3 saturated heterocycles. The fourth-order valence-corrected chi connectivity index (χ4v) is 6.47. The Morgan fingerprint density at radius 2 is 1.51 bits per heavy atom. The van der Waals surface area contributed by atoms with Gasteiger partial charge in [-0.3, -0.25) is 9.59 Å². The molecule has 2 amide bonds. The smallest absolute Gasteiger partial charge is 0.253 e. The van der Waals surface area contributed by atoms with Crippen LogP contribution in [0.4, 0.5) is 17.1 Å². The van der Waals surface area contributed by atoms with Gasteiger partial charge in [-0.25, -0.2) is 0 Å². The third-order valence-electron chi connectivity index (χ3n) is 9.24. The summed E-state index contributed by atoms with van der Waals surface area (Å²) in [7, 11) is 2.15. The lowest BCUT2D eigenvalue weighted by Crippen LogP contribution is -2.46. The van der Waals surface area contributed by atoms with E-state index in [0.29, 0.717) is 49.3 Å². The van der Waals surface area contributed by atoms with Gasteiger partial charge in [-0.05, 0) is 79.9 Å². The van der Waals surface area contributed by atoms with Crippen molar-refractivity contribution in [1.82, 2.24) is 9.80 Å². The molecule has 8 nitrogen and oxygen atoms in total. The first-order valence-corrected chi connectivity index (χ1v) is 14.5. The van der Waals surface area contributed by atoms with E-state index in [1.807, 2.05) is 64.4 Å². The molecule has 3 fully saturated rings. The number of benzene rings is 3. The predicted octanol–water partition coefficient (Wildman–Crippen LogP) is 4.34. The van der Waals surface area contributed by atoms with E-state index in [9.17, 15) is 9.59 Å². The molecular weight excluding hydrogens is 512 g/mol. The molecule has 3 aliphatic rings. The van der Waals surface area contributed by atoms with Gasteiger partial charge in [0.05, 0.1) is 5.41 Å². The highest BCUT2D eigenvalue weighted by atomic mass is 16.2. The number of rotatable bonds is 5. The van der Waals surface area contributed by atoms with E-state index in [-0.39, 0.29) is 11.8 Å². The van der Waals surface area contributed by atoms with Gasteiger partial charge in [0.2, 0.25) is 5.91 Å². The number of piperazine rings is 1. The van der Waals surface area contributed by atoms with Gasteiger partial charge in [-0.2, -0.15) is 0 Å². The topological polar surface area (TPSA) is 97.0 Å². The third-order valence-corrected chi connectivity index (χ3v) is 9.24. The summed E-state index contributed by atoms with van der Waals surface area (Å²) in [6.45, 7) is 5.97. The average molecular weight is 551 g/mol. The monoisotopic (exact) mass is 550 g/mol. The number of hydrogen-bond acceptors (Lipinski definition) is 6. The van der Waals surface area contributed by atoms with Crippen molar-refractivity contribution in [2.45, 2.75) is 19.3 Å². The summed E-state index contributed by atoms with van der Waals surface area (Å²) in [5.41, 5.74) is 11.7. The number of anilines is 3. The molecule has 212 valence electrons. The second kappa shape index (κ2) is 11.0. The van der Waals surface area contributed by atoms with Gasteiger partial charge >= 0.3 is 0 Å². The lowest BCUT2D eigenvalue weighted by atomic mass is 9.77. The normalized spacial score (nSPS) is 19.1. The number of nitrogen functional groups attached to an aromatic ring is 1. The van der Waals surface area contributed by atoms with E-state index in [1.165, 1.54) is 11.9 Å². The molecule has 1 spiro atoms. The van der Waals surface area contributed by atoms with Crippen molar-refractivity contribution in [1.29, 1.82) is 5.41 Å². The number of amides is 2. The van der Waals surface area contributed by atoms with Gasteiger partial charge < -0.3 is 30.7 Å². The summed E-state index contributed by atoms with van der Waals surface area (Å²) in [5, 5.41) is 7.48. The first kappa shape index (κ1) is 27.0. The summed E-state index contributed by atoms with van der Waals surface area (Å²) >= 11 is 0. The van der Waals surface area contributed by atoms with Crippen LogP contribution in [-0.4, -0.2) is 80.7 Å². The van der Waals surface area contributed by atoms with Crippen LogP contribution in [0.2, 0.25) is 0 Å². The Hall–Kier alpha value is -4.17. The van der Waals surface area contributed by atoms with Gasteiger partial charge in [0, 0.05) is 80.2 Å². The molecule has 0 aliphatic carbocycles. The lowest BCUT2D eigenvalue weighted by Gasteiger charge is -2.38. The van der Waals surface area contributed by atoms with Gasteiger partial charge in [-0.1, -0.05) is 24.3 Å². The number of piperidine rings is 1. The van der Waals surface area contributed by atoms with Crippen LogP contribution in [0.3, 0.4) is 0 Å². The van der Waals surface area contributed by atoms with Gasteiger partial charge in [0.15, 0.2) is 0 Å². The van der Waals surface area contributed by atoms with E-state index in [2.05, 4.69) is 29.0 Å². The second-order valence-electron chi connectivity index (χ2n) is 11.7. The Balaban J connectivity index is 1.10. The zero-order valence-electron chi connectivity index (χ0n) is 23.7. The third kappa shape index (κ3) is 5.20. The van der Waals surface area contributed by atoms with E-state index in [0.717, 1.165) is 49.4 Å². The maximum absolute atomic E-state index is 13.8. The fraction of sp³-hybridized carbons (Fsp3) is 0.364. The van der Waals surface area contributed by atoms with Gasteiger partial charge in [0.25, 0.3) is 5.91 Å².